The average molecular weight is 496 g/mol. The van der Waals surface area contributed by atoms with Crippen LogP contribution in [0.3, 0.4) is 0 Å². The summed E-state index contributed by atoms with van der Waals surface area (Å²) in [6.07, 6.45) is 5.55. The molecular weight excluding hydrogens is 454 g/mol. The minimum absolute atomic E-state index is 0.106. The fraction of sp³-hybridized carbons (Fsp3) is 0.567. The Hall–Kier alpha value is -2.41. The largest absolute Gasteiger partial charge is 0.457 e. The summed E-state index contributed by atoms with van der Waals surface area (Å²) in [6, 6.07) is 15.7. The first-order valence-corrected chi connectivity index (χ1v) is 13.4. The Kier molecular flexibility index (Phi) is 9.04. The molecule has 4 atom stereocenters. The van der Waals surface area contributed by atoms with E-state index in [1.54, 1.807) is 7.11 Å². The SMILES string of the molecule is COCCCC[C@@](O)(c1ccccc1Oc1ccccc1C)[C@@H]1CCCN(C(=O)[C@H]2CC[C@H](O)C2)C1. The summed E-state index contributed by atoms with van der Waals surface area (Å²) in [6.45, 7) is 3.89. The number of para-hydroxylation sites is 2. The molecule has 0 aromatic heterocycles. The minimum atomic E-state index is -1.14. The molecule has 1 amide bonds. The van der Waals surface area contributed by atoms with E-state index in [-0.39, 0.29) is 23.8 Å². The summed E-state index contributed by atoms with van der Waals surface area (Å²) >= 11 is 0. The Morgan fingerprint density at radius 1 is 1.06 bits per heavy atom. The van der Waals surface area contributed by atoms with Crippen molar-refractivity contribution < 1.29 is 24.5 Å². The number of hydrogen-bond acceptors (Lipinski definition) is 5. The van der Waals surface area contributed by atoms with Crippen molar-refractivity contribution in [2.24, 2.45) is 11.8 Å². The molecule has 6 nitrogen and oxygen atoms in total. The predicted octanol–water partition coefficient (Wildman–Crippen LogP) is 5.19. The molecule has 1 heterocycles. The van der Waals surface area contributed by atoms with Crippen LogP contribution in [0.2, 0.25) is 0 Å². The van der Waals surface area contributed by atoms with Gasteiger partial charge in [-0.1, -0.05) is 36.4 Å². The van der Waals surface area contributed by atoms with Crippen LogP contribution in [0, 0.1) is 18.8 Å². The van der Waals surface area contributed by atoms with E-state index in [1.807, 2.05) is 60.4 Å². The first-order chi connectivity index (χ1) is 17.4. The molecule has 2 aromatic rings. The van der Waals surface area contributed by atoms with Crippen molar-refractivity contribution in [3.63, 3.8) is 0 Å². The molecule has 2 fully saturated rings. The van der Waals surface area contributed by atoms with Gasteiger partial charge >= 0.3 is 0 Å². The zero-order valence-corrected chi connectivity index (χ0v) is 21.7. The van der Waals surface area contributed by atoms with Crippen LogP contribution < -0.4 is 4.74 Å². The van der Waals surface area contributed by atoms with Crippen molar-refractivity contribution >= 4 is 5.91 Å². The van der Waals surface area contributed by atoms with Gasteiger partial charge in [0.1, 0.15) is 11.5 Å². The number of piperidine rings is 1. The van der Waals surface area contributed by atoms with E-state index in [1.165, 1.54) is 0 Å². The lowest BCUT2D eigenvalue weighted by atomic mass is 9.73. The highest BCUT2D eigenvalue weighted by Gasteiger charge is 2.44. The molecule has 196 valence electrons. The molecule has 2 aromatic carbocycles. The van der Waals surface area contributed by atoms with Gasteiger partial charge in [0.2, 0.25) is 5.91 Å². The van der Waals surface area contributed by atoms with Crippen LogP contribution in [0.25, 0.3) is 0 Å². The first kappa shape index (κ1) is 26.6. The van der Waals surface area contributed by atoms with E-state index < -0.39 is 5.60 Å². The van der Waals surface area contributed by atoms with Crippen molar-refractivity contribution in [1.82, 2.24) is 4.90 Å². The van der Waals surface area contributed by atoms with E-state index in [0.717, 1.165) is 49.0 Å². The van der Waals surface area contributed by atoms with Crippen LogP contribution in [-0.4, -0.2) is 53.9 Å². The average Bonchev–Trinajstić information content (AvgIpc) is 3.34. The van der Waals surface area contributed by atoms with Crippen molar-refractivity contribution in [3.8, 4) is 11.5 Å². The molecule has 1 saturated carbocycles. The molecule has 1 aliphatic heterocycles. The highest BCUT2D eigenvalue weighted by molar-refractivity contribution is 5.79. The normalized spacial score (nSPS) is 23.9. The Morgan fingerprint density at radius 2 is 1.81 bits per heavy atom. The molecule has 4 rings (SSSR count). The van der Waals surface area contributed by atoms with Crippen molar-refractivity contribution in [3.05, 3.63) is 59.7 Å². The number of carbonyl (C=O) groups is 1. The third-order valence-corrected chi connectivity index (χ3v) is 7.99. The van der Waals surface area contributed by atoms with Crippen LogP contribution in [0.1, 0.15) is 62.5 Å². The summed E-state index contributed by atoms with van der Waals surface area (Å²) in [5, 5.41) is 22.4. The second kappa shape index (κ2) is 12.2. The number of aryl methyl sites for hydroxylation is 1. The number of carbonyl (C=O) groups excluding carboxylic acids is 1. The minimum Gasteiger partial charge on any atom is -0.457 e. The van der Waals surface area contributed by atoms with E-state index in [9.17, 15) is 15.0 Å². The lowest BCUT2D eigenvalue weighted by Gasteiger charge is -2.44. The van der Waals surface area contributed by atoms with E-state index in [4.69, 9.17) is 9.47 Å². The Bertz CT molecular complexity index is 1010. The molecule has 0 unspecified atom stereocenters. The summed E-state index contributed by atoms with van der Waals surface area (Å²) in [7, 11) is 1.70. The molecule has 36 heavy (non-hydrogen) atoms. The highest BCUT2D eigenvalue weighted by atomic mass is 16.5. The number of ether oxygens (including phenoxy) is 2. The summed E-state index contributed by atoms with van der Waals surface area (Å²) in [5.74, 6) is 1.34. The van der Waals surface area contributed by atoms with Gasteiger partial charge in [-0.15, -0.1) is 0 Å². The number of nitrogens with zero attached hydrogens (tertiary/aromatic N) is 1. The highest BCUT2D eigenvalue weighted by Crippen LogP contribution is 2.45. The second-order valence-corrected chi connectivity index (χ2v) is 10.5. The summed E-state index contributed by atoms with van der Waals surface area (Å²) < 4.78 is 11.6. The fourth-order valence-electron chi connectivity index (χ4n) is 5.91. The van der Waals surface area contributed by atoms with Gasteiger partial charge in [-0.05, 0) is 76.0 Å². The van der Waals surface area contributed by atoms with Crippen LogP contribution in [-0.2, 0) is 15.1 Å². The standard InChI is InChI=1S/C30H41NO5/c1-22-10-3-5-13-27(22)36-28-14-6-4-12-26(28)30(34,17-7-8-19-35-2)24-11-9-18-31(21-24)29(33)23-15-16-25(32)20-23/h3-6,10,12-14,23-25,32,34H,7-9,11,15-21H2,1-2H3/t23-,24+,25-,30-/m0/s1. The summed E-state index contributed by atoms with van der Waals surface area (Å²) in [4.78, 5) is 15.2. The third-order valence-electron chi connectivity index (χ3n) is 7.99. The number of amides is 1. The maximum atomic E-state index is 13.3. The molecule has 1 saturated heterocycles. The van der Waals surface area contributed by atoms with Gasteiger partial charge in [-0.2, -0.15) is 0 Å². The number of benzene rings is 2. The fourth-order valence-corrected chi connectivity index (χ4v) is 5.91. The monoisotopic (exact) mass is 495 g/mol. The van der Waals surface area contributed by atoms with Gasteiger partial charge in [0.05, 0.1) is 11.7 Å². The van der Waals surface area contributed by atoms with Crippen molar-refractivity contribution in [2.45, 2.75) is 70.0 Å². The van der Waals surface area contributed by atoms with E-state index in [2.05, 4.69) is 0 Å². The van der Waals surface area contributed by atoms with Crippen LogP contribution >= 0.6 is 0 Å². The first-order valence-electron chi connectivity index (χ1n) is 13.4. The maximum Gasteiger partial charge on any atom is 0.225 e. The molecule has 2 N–H and O–H groups in total. The molecule has 0 bridgehead atoms. The quantitative estimate of drug-likeness (QED) is 0.444. The number of hydrogen-bond donors (Lipinski definition) is 2. The Balaban J connectivity index is 1.61. The second-order valence-electron chi connectivity index (χ2n) is 10.5. The van der Waals surface area contributed by atoms with E-state index in [0.29, 0.717) is 44.7 Å². The molecule has 0 spiro atoms. The smallest absolute Gasteiger partial charge is 0.225 e. The van der Waals surface area contributed by atoms with Gasteiger partial charge < -0.3 is 24.6 Å². The van der Waals surface area contributed by atoms with E-state index >= 15 is 0 Å². The van der Waals surface area contributed by atoms with Crippen LogP contribution in [0.5, 0.6) is 11.5 Å². The number of unbranched alkanes of at least 4 members (excludes halogenated alkanes) is 1. The number of likely N-dealkylation sites (tertiary alicyclic amines) is 1. The van der Waals surface area contributed by atoms with Crippen molar-refractivity contribution in [2.75, 3.05) is 26.8 Å². The molecule has 2 aliphatic rings. The number of methoxy groups -OCH3 is 1. The zero-order chi connectivity index (χ0) is 25.5. The maximum absolute atomic E-state index is 13.3. The summed E-state index contributed by atoms with van der Waals surface area (Å²) in [5.41, 5.74) is 0.673. The van der Waals surface area contributed by atoms with Crippen molar-refractivity contribution in [1.29, 1.82) is 0 Å². The molecular formula is C30H41NO5. The number of rotatable bonds is 10. The van der Waals surface area contributed by atoms with Crippen LogP contribution in [0.15, 0.2) is 48.5 Å². The number of aliphatic hydroxyl groups is 2. The molecule has 0 radical (unpaired) electrons. The van der Waals surface area contributed by atoms with Gasteiger partial charge in [0, 0.05) is 44.2 Å². The molecule has 1 aliphatic carbocycles. The lowest BCUT2D eigenvalue weighted by Crippen LogP contribution is -2.49. The molecule has 6 heteroatoms. The lowest BCUT2D eigenvalue weighted by molar-refractivity contribution is -0.141. The van der Waals surface area contributed by atoms with Gasteiger partial charge in [0.15, 0.2) is 0 Å². The van der Waals surface area contributed by atoms with Gasteiger partial charge in [-0.3, -0.25) is 4.79 Å². The Morgan fingerprint density at radius 3 is 2.53 bits per heavy atom. The van der Waals surface area contributed by atoms with Gasteiger partial charge in [-0.25, -0.2) is 0 Å². The predicted molar refractivity (Wildman–Crippen MR) is 140 cm³/mol. The topological polar surface area (TPSA) is 79.2 Å². The van der Waals surface area contributed by atoms with Crippen LogP contribution in [0.4, 0.5) is 0 Å². The Labute approximate surface area is 215 Å². The zero-order valence-electron chi connectivity index (χ0n) is 21.7. The third kappa shape index (κ3) is 6.10. The van der Waals surface area contributed by atoms with Gasteiger partial charge in [0.25, 0.3) is 0 Å². The number of aliphatic hydroxyl groups excluding tert-OH is 1.